The number of aromatic nitrogens is 1. The Morgan fingerprint density at radius 2 is 1.92 bits per heavy atom. The minimum Gasteiger partial charge on any atom is -0.378 e. The van der Waals surface area contributed by atoms with Crippen LogP contribution in [0.1, 0.15) is 44.0 Å². The highest BCUT2D eigenvalue weighted by atomic mass is 35.5. The number of hydrogen-bond acceptors (Lipinski definition) is 6. The number of carbonyl (C=O) groups excluding carboxylic acids is 2. The number of nitriles is 1. The number of anilines is 1. The number of nitrogens with one attached hydrogen (secondary N) is 2. The molecule has 1 aromatic carbocycles. The van der Waals surface area contributed by atoms with E-state index in [1.165, 1.54) is 16.7 Å². The van der Waals surface area contributed by atoms with Crippen LogP contribution in [0.5, 0.6) is 0 Å². The van der Waals surface area contributed by atoms with Gasteiger partial charge < -0.3 is 24.8 Å². The summed E-state index contributed by atoms with van der Waals surface area (Å²) >= 11 is 6.02. The second-order valence-corrected chi connectivity index (χ2v) is 9.30. The summed E-state index contributed by atoms with van der Waals surface area (Å²) < 4.78 is 62.1. The number of aromatic amines is 1. The van der Waals surface area contributed by atoms with Gasteiger partial charge in [0.05, 0.1) is 46.7 Å². The lowest BCUT2D eigenvalue weighted by atomic mass is 10.00. The number of hydrogen-bond donors (Lipinski definition) is 2. The Balaban J connectivity index is 1.68. The predicted octanol–water partition coefficient (Wildman–Crippen LogP) is 2.85. The van der Waals surface area contributed by atoms with Gasteiger partial charge in [0.1, 0.15) is 5.56 Å². The predicted molar refractivity (Wildman–Crippen MR) is 128 cm³/mol. The van der Waals surface area contributed by atoms with Crippen molar-refractivity contribution in [2.45, 2.75) is 25.6 Å². The highest BCUT2D eigenvalue weighted by Crippen LogP contribution is 2.41. The Kier molecular flexibility index (Phi) is 7.66. The minimum atomic E-state index is -4.89. The second kappa shape index (κ2) is 10.6. The fraction of sp³-hybridized carbons (Fsp3) is 0.417. The van der Waals surface area contributed by atoms with Gasteiger partial charge >= 0.3 is 6.18 Å². The average Bonchev–Trinajstić information content (AvgIpc) is 3.34. The van der Waals surface area contributed by atoms with E-state index in [4.69, 9.17) is 16.3 Å². The quantitative estimate of drug-likeness (QED) is 0.560. The SMILES string of the molecule is Cc1[nH]c(=O)c(F)c(C(=O)N[C@@H]2CCN(c3c(C(=O)N4CCOCC4)cc(C#N)cc3C(F)(F)F)C2)c1Cl. The maximum Gasteiger partial charge on any atom is 0.418 e. The highest BCUT2D eigenvalue weighted by molar-refractivity contribution is 6.34. The van der Waals surface area contributed by atoms with Gasteiger partial charge in [-0.05, 0) is 25.5 Å². The number of aryl methyl sites for hydroxylation is 1. The van der Waals surface area contributed by atoms with Gasteiger partial charge in [0.2, 0.25) is 5.82 Å². The molecule has 2 aliphatic heterocycles. The third kappa shape index (κ3) is 5.32. The first kappa shape index (κ1) is 27.4. The molecule has 0 spiro atoms. The van der Waals surface area contributed by atoms with Crippen LogP contribution in [0.3, 0.4) is 0 Å². The Hall–Kier alpha value is -3.63. The molecular formula is C24H22ClF4N5O4. The first-order chi connectivity index (χ1) is 17.9. The number of H-pyrrole nitrogens is 1. The topological polar surface area (TPSA) is 119 Å². The lowest BCUT2D eigenvalue weighted by Crippen LogP contribution is -2.42. The molecule has 2 aromatic rings. The van der Waals surface area contributed by atoms with E-state index >= 15 is 0 Å². The number of carbonyl (C=O) groups is 2. The van der Waals surface area contributed by atoms with Gasteiger partial charge in [-0.1, -0.05) is 11.6 Å². The van der Waals surface area contributed by atoms with Crippen molar-refractivity contribution in [1.29, 1.82) is 5.26 Å². The van der Waals surface area contributed by atoms with E-state index in [0.717, 1.165) is 6.07 Å². The maximum absolute atomic E-state index is 14.4. The lowest BCUT2D eigenvalue weighted by Gasteiger charge is -2.31. The summed E-state index contributed by atoms with van der Waals surface area (Å²) in [5.74, 6) is -3.04. The van der Waals surface area contributed by atoms with E-state index in [-0.39, 0.29) is 67.7 Å². The van der Waals surface area contributed by atoms with E-state index in [9.17, 15) is 37.2 Å². The third-order valence-electron chi connectivity index (χ3n) is 6.41. The molecule has 38 heavy (non-hydrogen) atoms. The molecule has 3 heterocycles. The summed E-state index contributed by atoms with van der Waals surface area (Å²) in [6.45, 7) is 2.06. The van der Waals surface area contributed by atoms with E-state index < -0.39 is 52.2 Å². The first-order valence-corrected chi connectivity index (χ1v) is 12.0. The molecular weight excluding hydrogens is 534 g/mol. The normalized spacial score (nSPS) is 17.9. The number of benzene rings is 1. The van der Waals surface area contributed by atoms with E-state index in [0.29, 0.717) is 6.07 Å². The largest absolute Gasteiger partial charge is 0.418 e. The van der Waals surface area contributed by atoms with Crippen LogP contribution >= 0.6 is 11.6 Å². The Labute approximate surface area is 218 Å². The standard InChI is InChI=1S/C24H22ClF4N5O4/c1-12-18(25)17(19(26)22(36)31-12)21(35)32-14-2-3-34(11-14)20-15(23(37)33-4-6-38-7-5-33)8-13(10-30)9-16(20)24(27,28)29/h8-9,14H,2-7,11H2,1H3,(H,31,36)(H,32,35)/t14-/m1/s1. The summed E-state index contributed by atoms with van der Waals surface area (Å²) in [7, 11) is 0. The summed E-state index contributed by atoms with van der Waals surface area (Å²) in [5, 5.41) is 11.6. The lowest BCUT2D eigenvalue weighted by molar-refractivity contribution is -0.137. The number of alkyl halides is 3. The zero-order valence-electron chi connectivity index (χ0n) is 20.0. The zero-order chi connectivity index (χ0) is 27.8. The average molecular weight is 556 g/mol. The van der Waals surface area contributed by atoms with Gasteiger partial charge in [-0.25, -0.2) is 0 Å². The van der Waals surface area contributed by atoms with Gasteiger partial charge in [-0.2, -0.15) is 22.8 Å². The maximum atomic E-state index is 14.4. The van der Waals surface area contributed by atoms with Crippen molar-refractivity contribution in [3.05, 3.63) is 61.3 Å². The minimum absolute atomic E-state index is 0.0218. The van der Waals surface area contributed by atoms with Crippen molar-refractivity contribution >= 4 is 29.1 Å². The van der Waals surface area contributed by atoms with Crippen molar-refractivity contribution in [2.75, 3.05) is 44.3 Å². The number of halogens is 5. The van der Waals surface area contributed by atoms with Crippen LogP contribution in [0, 0.1) is 24.1 Å². The van der Waals surface area contributed by atoms with Crippen LogP contribution < -0.4 is 15.8 Å². The number of morpholine rings is 1. The molecule has 2 saturated heterocycles. The Morgan fingerprint density at radius 1 is 1.24 bits per heavy atom. The van der Waals surface area contributed by atoms with Crippen molar-refractivity contribution in [3.63, 3.8) is 0 Å². The zero-order valence-corrected chi connectivity index (χ0v) is 20.8. The third-order valence-corrected chi connectivity index (χ3v) is 6.88. The van der Waals surface area contributed by atoms with Crippen LogP contribution in [-0.2, 0) is 10.9 Å². The first-order valence-electron chi connectivity index (χ1n) is 11.6. The molecule has 0 aliphatic carbocycles. The van der Waals surface area contributed by atoms with E-state index in [1.54, 1.807) is 6.07 Å². The monoisotopic (exact) mass is 555 g/mol. The fourth-order valence-electron chi connectivity index (χ4n) is 4.57. The van der Waals surface area contributed by atoms with Crippen LogP contribution in [-0.4, -0.2) is 67.1 Å². The molecule has 202 valence electrons. The number of nitrogens with zero attached hydrogens (tertiary/aromatic N) is 3. The molecule has 14 heteroatoms. The van der Waals surface area contributed by atoms with Crippen molar-refractivity contribution < 1.29 is 31.9 Å². The van der Waals surface area contributed by atoms with Crippen LogP contribution in [0.15, 0.2) is 16.9 Å². The summed E-state index contributed by atoms with van der Waals surface area (Å²) in [6.07, 6.45) is -4.72. The van der Waals surface area contributed by atoms with E-state index in [1.807, 2.05) is 0 Å². The Bertz CT molecular complexity index is 1380. The van der Waals surface area contributed by atoms with Crippen LogP contribution in [0.2, 0.25) is 5.02 Å². The molecule has 4 rings (SSSR count). The second-order valence-electron chi connectivity index (χ2n) is 8.92. The summed E-state index contributed by atoms with van der Waals surface area (Å²) in [6, 6.07) is 2.75. The number of ether oxygens (including phenoxy) is 1. The van der Waals surface area contributed by atoms with Crippen molar-refractivity contribution in [1.82, 2.24) is 15.2 Å². The van der Waals surface area contributed by atoms with Gasteiger partial charge in [0.15, 0.2) is 0 Å². The smallest absolute Gasteiger partial charge is 0.378 e. The molecule has 0 bridgehead atoms. The van der Waals surface area contributed by atoms with Crippen LogP contribution in [0.25, 0.3) is 0 Å². The number of rotatable bonds is 4. The summed E-state index contributed by atoms with van der Waals surface area (Å²) in [4.78, 5) is 42.7. The van der Waals surface area contributed by atoms with Crippen molar-refractivity contribution in [3.8, 4) is 6.07 Å². The molecule has 1 atom stereocenters. The molecule has 2 N–H and O–H groups in total. The molecule has 0 unspecified atom stereocenters. The molecule has 1 aromatic heterocycles. The van der Waals surface area contributed by atoms with Crippen molar-refractivity contribution in [2.24, 2.45) is 0 Å². The van der Waals surface area contributed by atoms with E-state index in [2.05, 4.69) is 10.3 Å². The number of amides is 2. The molecule has 2 amide bonds. The molecule has 9 nitrogen and oxygen atoms in total. The van der Waals surface area contributed by atoms with Gasteiger partial charge in [-0.3, -0.25) is 14.4 Å². The van der Waals surface area contributed by atoms with Crippen LogP contribution in [0.4, 0.5) is 23.2 Å². The molecule has 0 saturated carbocycles. The summed E-state index contributed by atoms with van der Waals surface area (Å²) in [5.41, 5.74) is -3.89. The van der Waals surface area contributed by atoms with Gasteiger partial charge in [-0.15, -0.1) is 0 Å². The Morgan fingerprint density at radius 3 is 2.55 bits per heavy atom. The fourth-order valence-corrected chi connectivity index (χ4v) is 4.79. The molecule has 2 aliphatic rings. The highest BCUT2D eigenvalue weighted by Gasteiger charge is 2.40. The van der Waals surface area contributed by atoms with Gasteiger partial charge in [0.25, 0.3) is 17.4 Å². The molecule has 0 radical (unpaired) electrons. The molecule has 2 fully saturated rings. The van der Waals surface area contributed by atoms with Gasteiger partial charge in [0, 0.05) is 37.9 Å². The number of pyridine rings is 1.